The molecule has 0 spiro atoms. The number of hydrogen-bond donors (Lipinski definition) is 0. The fourth-order valence-corrected chi connectivity index (χ4v) is 2.70. The van der Waals surface area contributed by atoms with Gasteiger partial charge in [-0.3, -0.25) is 4.79 Å². The third-order valence-corrected chi connectivity index (χ3v) is 3.45. The van der Waals surface area contributed by atoms with Crippen LogP contribution >= 0.6 is 13.5 Å². The average Bonchev–Trinajstić information content (AvgIpc) is 2.75. The Bertz CT molecular complexity index is 217. The Hall–Kier alpha value is -0.220. The van der Waals surface area contributed by atoms with Crippen LogP contribution in [-0.2, 0) is 4.79 Å². The summed E-state index contributed by atoms with van der Waals surface area (Å²) < 4.78 is 0. The molecule has 0 aliphatic carbocycles. The molecule has 15 heavy (non-hydrogen) atoms. The van der Waals surface area contributed by atoms with Gasteiger partial charge in [-0.1, -0.05) is 0 Å². The monoisotopic (exact) mass is 230 g/mol. The highest BCUT2D eigenvalue weighted by atomic mass is 32.1. The van der Waals surface area contributed by atoms with Crippen LogP contribution in [0.3, 0.4) is 0 Å². The summed E-state index contributed by atoms with van der Waals surface area (Å²) in [6, 6.07) is 0.505. The van der Waals surface area contributed by atoms with E-state index < -0.39 is 0 Å². The molecule has 1 unspecified atom stereocenters. The molecule has 2 heterocycles. The van der Waals surface area contributed by atoms with Crippen LogP contribution in [0.1, 0.15) is 32.6 Å². The molecule has 2 aliphatic rings. The second kappa shape index (κ2) is 5.75. The number of carbonyl (C=O) groups is 1. The van der Waals surface area contributed by atoms with Crippen LogP contribution in [0.5, 0.6) is 0 Å². The summed E-state index contributed by atoms with van der Waals surface area (Å²) in [5.74, 6) is 0.256. The van der Waals surface area contributed by atoms with Crippen molar-refractivity contribution in [2.75, 3.05) is 26.2 Å². The Morgan fingerprint density at radius 2 is 1.87 bits per heavy atom. The number of hydrogen-bond acceptors (Lipinski definition) is 2. The van der Waals surface area contributed by atoms with Gasteiger partial charge in [-0.15, -0.1) is 0 Å². The first-order valence-corrected chi connectivity index (χ1v) is 5.77. The summed E-state index contributed by atoms with van der Waals surface area (Å²) in [6.07, 6.45) is 5.08. The summed E-state index contributed by atoms with van der Waals surface area (Å²) in [7, 11) is 0. The molecule has 0 aromatic rings. The van der Waals surface area contributed by atoms with E-state index in [0.29, 0.717) is 6.04 Å². The van der Waals surface area contributed by atoms with Gasteiger partial charge in [0.1, 0.15) is 0 Å². The molecule has 0 saturated carbocycles. The van der Waals surface area contributed by atoms with Crippen molar-refractivity contribution in [3.8, 4) is 0 Å². The molecule has 2 saturated heterocycles. The molecule has 2 aliphatic heterocycles. The molecule has 1 amide bonds. The molecule has 0 radical (unpaired) electrons. The smallest absolute Gasteiger partial charge is 0.219 e. The minimum Gasteiger partial charge on any atom is -0.339 e. The van der Waals surface area contributed by atoms with E-state index in [9.17, 15) is 4.79 Å². The first-order chi connectivity index (χ1) is 6.77. The molecule has 0 aromatic heterocycles. The van der Waals surface area contributed by atoms with E-state index >= 15 is 0 Å². The number of likely N-dealkylation sites (tertiary alicyclic amines) is 2. The van der Waals surface area contributed by atoms with Gasteiger partial charge in [0.15, 0.2) is 0 Å². The third-order valence-electron chi connectivity index (χ3n) is 3.45. The van der Waals surface area contributed by atoms with Crippen molar-refractivity contribution in [1.82, 2.24) is 9.80 Å². The van der Waals surface area contributed by atoms with E-state index in [-0.39, 0.29) is 19.4 Å². The van der Waals surface area contributed by atoms with Crippen molar-refractivity contribution in [3.63, 3.8) is 0 Å². The predicted octanol–water partition coefficient (Wildman–Crippen LogP) is 1.21. The van der Waals surface area contributed by atoms with Crippen LogP contribution < -0.4 is 0 Å². The van der Waals surface area contributed by atoms with Crippen LogP contribution in [0.15, 0.2) is 0 Å². The van der Waals surface area contributed by atoms with Crippen molar-refractivity contribution in [2.45, 2.75) is 38.6 Å². The van der Waals surface area contributed by atoms with Crippen molar-refractivity contribution < 1.29 is 4.79 Å². The minimum absolute atomic E-state index is 0. The highest BCUT2D eigenvalue weighted by Gasteiger charge is 2.28. The fourth-order valence-electron chi connectivity index (χ4n) is 2.70. The number of nitrogens with zero attached hydrogens (tertiary/aromatic N) is 2. The van der Waals surface area contributed by atoms with Crippen molar-refractivity contribution in [1.29, 1.82) is 0 Å². The molecule has 2 rings (SSSR count). The molecule has 2 fully saturated rings. The molecular weight excluding hydrogens is 208 g/mol. The van der Waals surface area contributed by atoms with Crippen molar-refractivity contribution >= 4 is 19.4 Å². The van der Waals surface area contributed by atoms with Gasteiger partial charge in [-0.2, -0.15) is 13.5 Å². The molecule has 4 heteroatoms. The van der Waals surface area contributed by atoms with Crippen LogP contribution in [0.25, 0.3) is 0 Å². The van der Waals surface area contributed by atoms with E-state index in [2.05, 4.69) is 9.80 Å². The Morgan fingerprint density at radius 3 is 2.47 bits per heavy atom. The normalized spacial score (nSPS) is 26.7. The van der Waals surface area contributed by atoms with Crippen LogP contribution in [0.2, 0.25) is 0 Å². The molecule has 3 nitrogen and oxygen atoms in total. The third kappa shape index (κ3) is 3.11. The Labute approximate surface area is 99.3 Å². The second-order valence-corrected chi connectivity index (χ2v) is 4.52. The van der Waals surface area contributed by atoms with Gasteiger partial charge >= 0.3 is 0 Å². The van der Waals surface area contributed by atoms with Crippen LogP contribution in [0, 0.1) is 0 Å². The van der Waals surface area contributed by atoms with Gasteiger partial charge < -0.3 is 9.80 Å². The molecule has 1 atom stereocenters. The quantitative estimate of drug-likeness (QED) is 0.712. The summed E-state index contributed by atoms with van der Waals surface area (Å²) in [5, 5.41) is 0. The van der Waals surface area contributed by atoms with Gasteiger partial charge in [0.25, 0.3) is 0 Å². The SMILES string of the molecule is CC(=O)N1CCCC1CN1CCCC1.S. The van der Waals surface area contributed by atoms with Gasteiger partial charge in [-0.05, 0) is 38.8 Å². The molecule has 0 N–H and O–H groups in total. The zero-order valence-corrected chi connectivity index (χ0v) is 10.5. The molecule has 0 aromatic carbocycles. The first kappa shape index (κ1) is 12.8. The zero-order chi connectivity index (χ0) is 9.97. The van der Waals surface area contributed by atoms with Gasteiger partial charge in [0.05, 0.1) is 0 Å². The highest BCUT2D eigenvalue weighted by molar-refractivity contribution is 7.59. The lowest BCUT2D eigenvalue weighted by Gasteiger charge is -2.27. The number of amides is 1. The van der Waals surface area contributed by atoms with E-state index in [1.54, 1.807) is 6.92 Å². The maximum atomic E-state index is 11.3. The molecule has 0 bridgehead atoms. The van der Waals surface area contributed by atoms with E-state index in [0.717, 1.165) is 13.1 Å². The average molecular weight is 230 g/mol. The van der Waals surface area contributed by atoms with Crippen molar-refractivity contribution in [2.24, 2.45) is 0 Å². The lowest BCUT2D eigenvalue weighted by molar-refractivity contribution is -0.129. The molecule has 88 valence electrons. The largest absolute Gasteiger partial charge is 0.339 e. The lowest BCUT2D eigenvalue weighted by atomic mass is 10.2. The van der Waals surface area contributed by atoms with Gasteiger partial charge in [-0.25, -0.2) is 0 Å². The Kier molecular flexibility index (Phi) is 4.93. The van der Waals surface area contributed by atoms with Gasteiger partial charge in [0.2, 0.25) is 5.91 Å². The Morgan fingerprint density at radius 1 is 1.20 bits per heavy atom. The summed E-state index contributed by atoms with van der Waals surface area (Å²) in [6.45, 7) is 6.26. The Balaban J connectivity index is 0.00000112. The maximum absolute atomic E-state index is 11.3. The van der Waals surface area contributed by atoms with E-state index in [4.69, 9.17) is 0 Å². The summed E-state index contributed by atoms with van der Waals surface area (Å²) in [5.41, 5.74) is 0. The summed E-state index contributed by atoms with van der Waals surface area (Å²) in [4.78, 5) is 15.9. The topological polar surface area (TPSA) is 23.6 Å². The number of carbonyl (C=O) groups excluding carboxylic acids is 1. The van der Waals surface area contributed by atoms with E-state index in [1.165, 1.54) is 38.8 Å². The van der Waals surface area contributed by atoms with Crippen LogP contribution in [-0.4, -0.2) is 47.9 Å². The minimum atomic E-state index is 0. The van der Waals surface area contributed by atoms with Crippen molar-refractivity contribution in [3.05, 3.63) is 0 Å². The van der Waals surface area contributed by atoms with E-state index in [1.807, 2.05) is 0 Å². The highest BCUT2D eigenvalue weighted by Crippen LogP contribution is 2.20. The predicted molar refractivity (Wildman–Crippen MR) is 66.5 cm³/mol. The van der Waals surface area contributed by atoms with Gasteiger partial charge in [0, 0.05) is 26.1 Å². The zero-order valence-electron chi connectivity index (χ0n) is 9.54. The van der Waals surface area contributed by atoms with Crippen LogP contribution in [0.4, 0.5) is 0 Å². The lowest BCUT2D eigenvalue weighted by Crippen LogP contribution is -2.41. The summed E-state index contributed by atoms with van der Waals surface area (Å²) >= 11 is 0. The first-order valence-electron chi connectivity index (χ1n) is 5.77. The standard InChI is InChI=1S/C11H20N2O.H2S/c1-10(14)13-8-4-5-11(13)9-12-6-2-3-7-12;/h11H,2-9H2,1H3;1H2. The fraction of sp³-hybridized carbons (Fsp3) is 0.909. The molecular formula is C11H22N2OS. The number of rotatable bonds is 2. The maximum Gasteiger partial charge on any atom is 0.219 e. The second-order valence-electron chi connectivity index (χ2n) is 4.52.